The van der Waals surface area contributed by atoms with E-state index in [1.165, 1.54) is 161 Å². The summed E-state index contributed by atoms with van der Waals surface area (Å²) >= 11 is 0. The molecule has 3 atom stereocenters. The molecule has 0 bridgehead atoms. The number of phosphoric ester groups is 1. The number of aliphatic hydroxyl groups excluding tert-OH is 1. The van der Waals surface area contributed by atoms with E-state index < -0.39 is 20.0 Å². The molecule has 9 heteroatoms. The summed E-state index contributed by atoms with van der Waals surface area (Å²) in [5.41, 5.74) is 5.38. The Kier molecular flexibility index (Phi) is 41.8. The molecule has 0 aliphatic heterocycles. The average molecular weight is 799 g/mol. The van der Waals surface area contributed by atoms with Gasteiger partial charge in [-0.3, -0.25) is 13.8 Å². The van der Waals surface area contributed by atoms with Crippen molar-refractivity contribution in [2.75, 3.05) is 19.8 Å². The van der Waals surface area contributed by atoms with E-state index in [2.05, 4.69) is 31.3 Å². The van der Waals surface area contributed by atoms with E-state index in [0.29, 0.717) is 6.42 Å². The number of unbranched alkanes of at least 4 members (excludes halogenated alkanes) is 30. The van der Waals surface area contributed by atoms with Gasteiger partial charge < -0.3 is 21.1 Å². The van der Waals surface area contributed by atoms with Crippen LogP contribution in [0.15, 0.2) is 24.3 Å². The highest BCUT2D eigenvalue weighted by atomic mass is 31.2. The predicted molar refractivity (Wildman–Crippen MR) is 235 cm³/mol. The number of hydrogen-bond donors (Lipinski definition) is 4. The Morgan fingerprint density at radius 2 is 0.945 bits per heavy atom. The molecule has 0 rings (SSSR count). The number of allylic oxidation sites excluding steroid dienone is 3. The maximum Gasteiger partial charge on any atom is 0.472 e. The van der Waals surface area contributed by atoms with Gasteiger partial charge in [0, 0.05) is 13.0 Å². The van der Waals surface area contributed by atoms with Crippen LogP contribution >= 0.6 is 7.82 Å². The molecule has 55 heavy (non-hydrogen) atoms. The largest absolute Gasteiger partial charge is 0.472 e. The first-order valence-corrected chi connectivity index (χ1v) is 25.0. The number of carbonyl (C=O) groups is 1. The van der Waals surface area contributed by atoms with Gasteiger partial charge in [-0.2, -0.15) is 0 Å². The van der Waals surface area contributed by atoms with Crippen LogP contribution in [0.2, 0.25) is 0 Å². The molecule has 1 amide bonds. The molecule has 0 aromatic carbocycles. The second-order valence-electron chi connectivity index (χ2n) is 16.0. The van der Waals surface area contributed by atoms with E-state index in [4.69, 9.17) is 14.8 Å². The Hall–Kier alpha value is -1.02. The van der Waals surface area contributed by atoms with Crippen LogP contribution in [0.5, 0.6) is 0 Å². The molecule has 0 aromatic rings. The summed E-state index contributed by atoms with van der Waals surface area (Å²) in [6.07, 6.45) is 49.4. The molecule has 0 radical (unpaired) electrons. The van der Waals surface area contributed by atoms with Gasteiger partial charge in [-0.1, -0.05) is 205 Å². The van der Waals surface area contributed by atoms with Gasteiger partial charge in [-0.05, 0) is 44.9 Å². The number of phosphoric acid groups is 1. The van der Waals surface area contributed by atoms with Gasteiger partial charge in [-0.15, -0.1) is 0 Å². The predicted octanol–water partition coefficient (Wildman–Crippen LogP) is 13.3. The van der Waals surface area contributed by atoms with Crippen LogP contribution < -0.4 is 11.1 Å². The molecule has 8 nitrogen and oxygen atoms in total. The molecule has 0 heterocycles. The maximum absolute atomic E-state index is 12.8. The first kappa shape index (κ1) is 54.0. The highest BCUT2D eigenvalue weighted by Crippen LogP contribution is 2.43. The fourth-order valence-corrected chi connectivity index (χ4v) is 7.71. The van der Waals surface area contributed by atoms with E-state index in [1.807, 2.05) is 6.08 Å². The number of hydrogen-bond acceptors (Lipinski definition) is 6. The molecule has 326 valence electrons. The molecule has 0 saturated heterocycles. The van der Waals surface area contributed by atoms with E-state index >= 15 is 0 Å². The van der Waals surface area contributed by atoms with Gasteiger partial charge in [-0.25, -0.2) is 4.57 Å². The van der Waals surface area contributed by atoms with Crippen LogP contribution in [0.25, 0.3) is 0 Å². The highest BCUT2D eigenvalue weighted by molar-refractivity contribution is 7.47. The van der Waals surface area contributed by atoms with Crippen LogP contribution in [0.3, 0.4) is 0 Å². The lowest BCUT2D eigenvalue weighted by Gasteiger charge is -2.23. The fraction of sp³-hybridized carbons (Fsp3) is 0.891. The Bertz CT molecular complexity index is 917. The van der Waals surface area contributed by atoms with Crippen molar-refractivity contribution in [3.8, 4) is 0 Å². The first-order valence-electron chi connectivity index (χ1n) is 23.5. The van der Waals surface area contributed by atoms with Crippen LogP contribution in [0.1, 0.15) is 232 Å². The van der Waals surface area contributed by atoms with Crippen molar-refractivity contribution in [2.45, 2.75) is 244 Å². The number of aliphatic hydroxyl groups is 1. The third kappa shape index (κ3) is 41.0. The van der Waals surface area contributed by atoms with E-state index in [-0.39, 0.29) is 25.7 Å². The van der Waals surface area contributed by atoms with Crippen LogP contribution in [0, 0.1) is 0 Å². The molecule has 0 aromatic heterocycles. The third-order valence-corrected chi connectivity index (χ3v) is 11.5. The standard InChI is InChI=1S/C46H91N2O6P/c1-3-5-7-9-11-13-15-17-19-20-21-22-23-24-26-27-29-31-33-35-37-39-45(49)44(43-54-55(51,52)53-42-41-47)48-46(50)40-38-36-34-32-30-28-25-18-16-14-12-10-8-6-4-2/h18,25,37,39,44-45,49H,3-17,19-24,26-36,38,40-43,47H2,1-2H3,(H,48,50)(H,51,52)/b25-18-,39-37+. The normalized spacial score (nSPS) is 14.2. The quantitative estimate of drug-likeness (QED) is 0.0274. The summed E-state index contributed by atoms with van der Waals surface area (Å²) in [6.45, 7) is 4.14. The van der Waals surface area contributed by atoms with Gasteiger partial charge in [0.05, 0.1) is 25.4 Å². The SMILES string of the molecule is CCCCCCCC/C=C\CCCCCCCC(=O)NC(COP(=O)(O)OCCN)C(O)/C=C/CCCCCCCCCCCCCCCCCCCCC. The minimum Gasteiger partial charge on any atom is -0.387 e. The minimum atomic E-state index is -4.34. The van der Waals surface area contributed by atoms with Crippen LogP contribution in [0.4, 0.5) is 0 Å². The summed E-state index contributed by atoms with van der Waals surface area (Å²) in [5.74, 6) is -0.201. The second kappa shape index (κ2) is 42.6. The van der Waals surface area contributed by atoms with Gasteiger partial charge in [0.15, 0.2) is 0 Å². The van der Waals surface area contributed by atoms with Crippen molar-refractivity contribution in [1.29, 1.82) is 0 Å². The molecule has 0 aliphatic rings. The molecule has 0 spiro atoms. The van der Waals surface area contributed by atoms with Gasteiger partial charge >= 0.3 is 7.82 Å². The summed E-state index contributed by atoms with van der Waals surface area (Å²) in [4.78, 5) is 22.7. The lowest BCUT2D eigenvalue weighted by atomic mass is 10.0. The number of rotatable bonds is 44. The zero-order valence-electron chi connectivity index (χ0n) is 36.2. The summed E-state index contributed by atoms with van der Waals surface area (Å²) < 4.78 is 22.2. The number of nitrogens with one attached hydrogen (secondary N) is 1. The van der Waals surface area contributed by atoms with E-state index in [1.54, 1.807) is 6.08 Å². The second-order valence-corrected chi connectivity index (χ2v) is 17.4. The lowest BCUT2D eigenvalue weighted by molar-refractivity contribution is -0.123. The Morgan fingerprint density at radius 3 is 1.35 bits per heavy atom. The van der Waals surface area contributed by atoms with Gasteiger partial charge in [0.1, 0.15) is 0 Å². The van der Waals surface area contributed by atoms with Crippen molar-refractivity contribution in [3.63, 3.8) is 0 Å². The number of nitrogens with two attached hydrogens (primary N) is 1. The minimum absolute atomic E-state index is 0.0782. The van der Waals surface area contributed by atoms with Crippen LogP contribution in [-0.2, 0) is 18.4 Å². The van der Waals surface area contributed by atoms with Crippen molar-refractivity contribution in [2.24, 2.45) is 5.73 Å². The van der Waals surface area contributed by atoms with Gasteiger partial charge in [0.2, 0.25) is 5.91 Å². The first-order chi connectivity index (χ1) is 26.9. The molecular weight excluding hydrogens is 707 g/mol. The Morgan fingerprint density at radius 1 is 0.582 bits per heavy atom. The van der Waals surface area contributed by atoms with Crippen LogP contribution in [-0.4, -0.2) is 47.8 Å². The Labute approximate surface area is 340 Å². The number of carbonyl (C=O) groups excluding carboxylic acids is 1. The monoisotopic (exact) mass is 799 g/mol. The highest BCUT2D eigenvalue weighted by Gasteiger charge is 2.26. The molecule has 3 unspecified atom stereocenters. The van der Waals surface area contributed by atoms with E-state index in [0.717, 1.165) is 51.4 Å². The molecular formula is C46H91N2O6P. The molecule has 5 N–H and O–H groups in total. The fourth-order valence-electron chi connectivity index (χ4n) is 6.95. The van der Waals surface area contributed by atoms with Crippen molar-refractivity contribution in [1.82, 2.24) is 5.32 Å². The maximum atomic E-state index is 12.8. The third-order valence-electron chi connectivity index (χ3n) is 10.5. The van der Waals surface area contributed by atoms with Crippen molar-refractivity contribution < 1.29 is 28.4 Å². The molecule has 0 saturated carbocycles. The lowest BCUT2D eigenvalue weighted by Crippen LogP contribution is -2.45. The smallest absolute Gasteiger partial charge is 0.387 e. The van der Waals surface area contributed by atoms with Crippen molar-refractivity contribution >= 4 is 13.7 Å². The number of amides is 1. The topological polar surface area (TPSA) is 131 Å². The average Bonchev–Trinajstić information content (AvgIpc) is 3.17. The summed E-state index contributed by atoms with van der Waals surface area (Å²) in [5, 5.41) is 13.7. The van der Waals surface area contributed by atoms with Crippen molar-refractivity contribution in [3.05, 3.63) is 24.3 Å². The summed E-state index contributed by atoms with van der Waals surface area (Å²) in [7, 11) is -4.34. The molecule has 0 fully saturated rings. The molecule has 0 aliphatic carbocycles. The Balaban J connectivity index is 4.15. The zero-order valence-corrected chi connectivity index (χ0v) is 37.1. The zero-order chi connectivity index (χ0) is 40.3. The van der Waals surface area contributed by atoms with E-state index in [9.17, 15) is 19.4 Å². The van der Waals surface area contributed by atoms with Gasteiger partial charge in [0.25, 0.3) is 0 Å². The summed E-state index contributed by atoms with van der Waals surface area (Å²) in [6, 6.07) is -0.862.